The van der Waals surface area contributed by atoms with Crippen molar-refractivity contribution in [3.05, 3.63) is 77.4 Å². The van der Waals surface area contributed by atoms with Gasteiger partial charge in [-0.1, -0.05) is 29.0 Å². The third-order valence-electron chi connectivity index (χ3n) is 6.21. The molecule has 0 aliphatic carbocycles. The molecule has 42 heavy (non-hydrogen) atoms. The van der Waals surface area contributed by atoms with Gasteiger partial charge in [-0.25, -0.2) is 9.79 Å². The van der Waals surface area contributed by atoms with Gasteiger partial charge in [-0.2, -0.15) is 5.26 Å². The fourth-order valence-electron chi connectivity index (χ4n) is 4.53. The Hall–Kier alpha value is -4.27. The van der Waals surface area contributed by atoms with E-state index in [4.69, 9.17) is 40.5 Å². The first-order chi connectivity index (χ1) is 20.1. The van der Waals surface area contributed by atoms with Gasteiger partial charge in [-0.3, -0.25) is 9.36 Å². The normalized spacial score (nSPS) is 14.6. The molecule has 220 valence electrons. The number of hydrogen-bond acceptors (Lipinski definition) is 10. The minimum Gasteiger partial charge on any atom is -0.493 e. The van der Waals surface area contributed by atoms with Gasteiger partial charge in [0.25, 0.3) is 5.56 Å². The number of esters is 1. The van der Waals surface area contributed by atoms with Crippen molar-refractivity contribution < 1.29 is 28.5 Å². The van der Waals surface area contributed by atoms with E-state index in [0.29, 0.717) is 43.4 Å². The molecule has 0 amide bonds. The number of methoxy groups -OCH3 is 2. The first kappa shape index (κ1) is 30.7. The summed E-state index contributed by atoms with van der Waals surface area (Å²) in [6.45, 7) is 7.21. The number of aromatic nitrogens is 1. The Balaban J connectivity index is 1.92. The van der Waals surface area contributed by atoms with Crippen LogP contribution >= 0.6 is 22.9 Å². The number of fused-ring (bicyclic) bond motifs is 1. The lowest BCUT2D eigenvalue weighted by atomic mass is 9.95. The van der Waals surface area contributed by atoms with Crippen LogP contribution in [0.2, 0.25) is 5.02 Å². The Kier molecular flexibility index (Phi) is 9.60. The fourth-order valence-corrected chi connectivity index (χ4v) is 5.85. The molecule has 0 unspecified atom stereocenters. The summed E-state index contributed by atoms with van der Waals surface area (Å²) >= 11 is 7.59. The molecular formula is C30H30ClN3O7S. The topological polar surface area (TPSA) is 121 Å². The van der Waals surface area contributed by atoms with Gasteiger partial charge in [0.15, 0.2) is 34.4 Å². The van der Waals surface area contributed by atoms with Crippen molar-refractivity contribution in [1.82, 2.24) is 4.57 Å². The SMILES string of the molecule is CCOC(=O)C1=C(C)N=c2s/c(=C\c3cc(Cl)c(OCC#N)c(OC)c3)c(=O)n2[C@H]1c1ccc(OC(C)C)c(OC)c1. The minimum atomic E-state index is -0.829. The quantitative estimate of drug-likeness (QED) is 0.313. The van der Waals surface area contributed by atoms with Crippen LogP contribution in [0.25, 0.3) is 6.08 Å². The number of carbonyl (C=O) groups excluding carboxylic acids is 1. The predicted molar refractivity (Wildman–Crippen MR) is 158 cm³/mol. The standard InChI is InChI=1S/C30H30ClN3O7S/c1-7-39-29(36)25-17(4)33-30-34(26(25)19-8-9-21(41-16(2)3)22(15-19)37-5)28(35)24(42-30)14-18-12-20(31)27(40-11-10-32)23(13-18)38-6/h8-9,12-16,26H,7,11H2,1-6H3/b24-14-/t26-/m0/s1. The highest BCUT2D eigenvalue weighted by Gasteiger charge is 2.34. The number of carbonyl (C=O) groups is 1. The monoisotopic (exact) mass is 611 g/mol. The second kappa shape index (κ2) is 13.1. The Labute approximate surface area is 251 Å². The first-order valence-corrected chi connectivity index (χ1v) is 14.2. The molecule has 1 atom stereocenters. The van der Waals surface area contributed by atoms with Crippen molar-refractivity contribution in [2.75, 3.05) is 27.4 Å². The van der Waals surface area contributed by atoms with Crippen LogP contribution in [0.1, 0.15) is 44.9 Å². The van der Waals surface area contributed by atoms with Gasteiger partial charge in [0.2, 0.25) is 0 Å². The second-order valence-electron chi connectivity index (χ2n) is 9.36. The van der Waals surface area contributed by atoms with Crippen LogP contribution in [0.3, 0.4) is 0 Å². The Morgan fingerprint density at radius 2 is 1.93 bits per heavy atom. The predicted octanol–water partition coefficient (Wildman–Crippen LogP) is 4.16. The lowest BCUT2D eigenvalue weighted by molar-refractivity contribution is -0.139. The van der Waals surface area contributed by atoms with E-state index in [1.807, 2.05) is 19.9 Å². The van der Waals surface area contributed by atoms with E-state index in [1.165, 1.54) is 30.1 Å². The molecule has 0 N–H and O–H groups in total. The summed E-state index contributed by atoms with van der Waals surface area (Å²) < 4.78 is 29.5. The summed E-state index contributed by atoms with van der Waals surface area (Å²) in [5, 5.41) is 9.09. The zero-order valence-corrected chi connectivity index (χ0v) is 25.6. The van der Waals surface area contributed by atoms with Crippen molar-refractivity contribution in [1.29, 1.82) is 5.26 Å². The van der Waals surface area contributed by atoms with Crippen molar-refractivity contribution in [3.63, 3.8) is 0 Å². The van der Waals surface area contributed by atoms with E-state index in [0.717, 1.165) is 0 Å². The van der Waals surface area contributed by atoms with Gasteiger partial charge in [0.05, 0.1) is 53.8 Å². The molecule has 2 heterocycles. The second-order valence-corrected chi connectivity index (χ2v) is 10.8. The van der Waals surface area contributed by atoms with Gasteiger partial charge in [-0.15, -0.1) is 0 Å². The number of benzene rings is 2. The summed E-state index contributed by atoms with van der Waals surface area (Å²) in [5.41, 5.74) is 1.52. The molecule has 1 aliphatic heterocycles. The summed E-state index contributed by atoms with van der Waals surface area (Å²) in [5.74, 6) is 0.972. The van der Waals surface area contributed by atoms with E-state index in [-0.39, 0.29) is 41.2 Å². The zero-order chi connectivity index (χ0) is 30.6. The third kappa shape index (κ3) is 6.15. The number of ether oxygens (including phenoxy) is 5. The van der Waals surface area contributed by atoms with Crippen LogP contribution in [0, 0.1) is 11.3 Å². The fraction of sp³-hybridized carbons (Fsp3) is 0.333. The highest BCUT2D eigenvalue weighted by molar-refractivity contribution is 7.07. The molecule has 1 aliphatic rings. The number of thiazole rings is 1. The molecule has 0 saturated carbocycles. The molecule has 0 fully saturated rings. The summed E-state index contributed by atoms with van der Waals surface area (Å²) in [6, 6.07) is 9.64. The maximum Gasteiger partial charge on any atom is 0.338 e. The molecule has 10 nitrogen and oxygen atoms in total. The molecule has 0 spiro atoms. The van der Waals surface area contributed by atoms with E-state index in [1.54, 1.807) is 50.3 Å². The molecule has 0 radical (unpaired) electrons. The van der Waals surface area contributed by atoms with Gasteiger partial charge in [0.1, 0.15) is 6.07 Å². The number of halogens is 1. The van der Waals surface area contributed by atoms with Crippen LogP contribution in [0.5, 0.6) is 23.0 Å². The molecule has 4 rings (SSSR count). The van der Waals surface area contributed by atoms with Crippen LogP contribution in [0.4, 0.5) is 0 Å². The maximum absolute atomic E-state index is 14.0. The minimum absolute atomic E-state index is 0.0845. The number of allylic oxidation sites excluding steroid dienone is 1. The smallest absolute Gasteiger partial charge is 0.338 e. The number of hydrogen-bond donors (Lipinski definition) is 0. The Morgan fingerprint density at radius 3 is 2.57 bits per heavy atom. The molecule has 2 aromatic carbocycles. The first-order valence-electron chi connectivity index (χ1n) is 13.0. The zero-order valence-electron chi connectivity index (χ0n) is 24.0. The van der Waals surface area contributed by atoms with Gasteiger partial charge in [0, 0.05) is 0 Å². The van der Waals surface area contributed by atoms with E-state index in [9.17, 15) is 9.59 Å². The van der Waals surface area contributed by atoms with Crippen molar-refractivity contribution in [2.45, 2.75) is 39.8 Å². The third-order valence-corrected chi connectivity index (χ3v) is 7.48. The summed E-state index contributed by atoms with van der Waals surface area (Å²) in [6.07, 6.45) is 1.58. The summed E-state index contributed by atoms with van der Waals surface area (Å²) in [4.78, 5) is 32.2. The molecule has 3 aromatic rings. The highest BCUT2D eigenvalue weighted by Crippen LogP contribution is 2.38. The maximum atomic E-state index is 14.0. The van der Waals surface area contributed by atoms with Gasteiger partial charge >= 0.3 is 5.97 Å². The van der Waals surface area contributed by atoms with Gasteiger partial charge < -0.3 is 23.7 Å². The van der Waals surface area contributed by atoms with Crippen LogP contribution < -0.4 is 33.8 Å². The van der Waals surface area contributed by atoms with Crippen molar-refractivity contribution in [2.24, 2.45) is 4.99 Å². The van der Waals surface area contributed by atoms with Gasteiger partial charge in [-0.05, 0) is 69.2 Å². The molecule has 0 bridgehead atoms. The molecular weight excluding hydrogens is 582 g/mol. The van der Waals surface area contributed by atoms with Crippen molar-refractivity contribution in [3.8, 4) is 29.1 Å². The summed E-state index contributed by atoms with van der Waals surface area (Å²) in [7, 11) is 2.98. The Bertz CT molecular complexity index is 1770. The van der Waals surface area contributed by atoms with E-state index in [2.05, 4.69) is 4.99 Å². The van der Waals surface area contributed by atoms with E-state index < -0.39 is 12.0 Å². The van der Waals surface area contributed by atoms with Crippen LogP contribution in [0.15, 0.2) is 51.4 Å². The average Bonchev–Trinajstić information content (AvgIpc) is 3.25. The number of rotatable bonds is 10. The number of nitriles is 1. The number of nitrogens with zero attached hydrogens (tertiary/aromatic N) is 3. The largest absolute Gasteiger partial charge is 0.493 e. The van der Waals surface area contributed by atoms with Crippen LogP contribution in [-0.2, 0) is 9.53 Å². The molecule has 1 aromatic heterocycles. The molecule has 12 heteroatoms. The molecule has 0 saturated heterocycles. The van der Waals surface area contributed by atoms with Crippen molar-refractivity contribution >= 4 is 35.0 Å². The lowest BCUT2D eigenvalue weighted by Gasteiger charge is -2.25. The average molecular weight is 612 g/mol. The highest BCUT2D eigenvalue weighted by atomic mass is 35.5. The Morgan fingerprint density at radius 1 is 1.19 bits per heavy atom. The van der Waals surface area contributed by atoms with Crippen LogP contribution in [-0.4, -0.2) is 44.1 Å². The lowest BCUT2D eigenvalue weighted by Crippen LogP contribution is -2.40. The van der Waals surface area contributed by atoms with E-state index >= 15 is 0 Å².